The topological polar surface area (TPSA) is 38.0 Å². The van der Waals surface area contributed by atoms with E-state index >= 15 is 0 Å². The van der Waals surface area contributed by atoms with E-state index < -0.39 is 11.6 Å². The molecule has 1 fully saturated rings. The molecule has 1 aliphatic heterocycles. The van der Waals surface area contributed by atoms with Crippen molar-refractivity contribution < 1.29 is 8.78 Å². The fraction of sp³-hybridized carbons (Fsp3) is 0.417. The molecule has 0 radical (unpaired) electrons. The first-order valence-corrected chi connectivity index (χ1v) is 7.24. The first kappa shape index (κ1) is 13.5. The molecule has 1 atom stereocenters. The first-order chi connectivity index (χ1) is 8.58. The Hall–Kier alpha value is -0.880. The van der Waals surface area contributed by atoms with Crippen molar-refractivity contribution in [3.63, 3.8) is 0 Å². The summed E-state index contributed by atoms with van der Waals surface area (Å²) < 4.78 is 27.4. The molecule has 18 heavy (non-hydrogen) atoms. The highest BCUT2D eigenvalue weighted by molar-refractivity contribution is 7.99. The normalized spacial score (nSPS) is 18.9. The minimum Gasteiger partial charge on any atom is -0.389 e. The van der Waals surface area contributed by atoms with Gasteiger partial charge in [-0.2, -0.15) is 11.8 Å². The van der Waals surface area contributed by atoms with Gasteiger partial charge in [-0.1, -0.05) is 12.2 Å². The molecule has 6 heteroatoms. The zero-order valence-electron chi connectivity index (χ0n) is 9.71. The summed E-state index contributed by atoms with van der Waals surface area (Å²) in [5.74, 6) is 1.34. The fourth-order valence-corrected chi connectivity index (χ4v) is 3.28. The van der Waals surface area contributed by atoms with Crippen LogP contribution in [0.3, 0.4) is 0 Å². The monoisotopic (exact) mass is 288 g/mol. The van der Waals surface area contributed by atoms with Crippen LogP contribution in [0.15, 0.2) is 12.1 Å². The maximum atomic E-state index is 13.7. The Kier molecular flexibility index (Phi) is 4.40. The lowest BCUT2D eigenvalue weighted by Crippen LogP contribution is -2.16. The van der Waals surface area contributed by atoms with E-state index in [0.29, 0.717) is 12.5 Å². The second kappa shape index (κ2) is 5.84. The molecule has 98 valence electrons. The second-order valence-corrected chi connectivity index (χ2v) is 5.88. The summed E-state index contributed by atoms with van der Waals surface area (Å²) in [6.45, 7) is 0.591. The average Bonchev–Trinajstić information content (AvgIpc) is 2.80. The van der Waals surface area contributed by atoms with Crippen molar-refractivity contribution in [2.75, 3.05) is 23.4 Å². The zero-order chi connectivity index (χ0) is 13.1. The van der Waals surface area contributed by atoms with E-state index in [1.54, 1.807) is 0 Å². The lowest BCUT2D eigenvalue weighted by atomic mass is 10.1. The highest BCUT2D eigenvalue weighted by Crippen LogP contribution is 2.26. The number of nitrogens with two attached hydrogens (primary N) is 1. The number of hydrogen-bond donors (Lipinski definition) is 2. The number of hydrogen-bond acceptors (Lipinski definition) is 3. The molecule has 1 aliphatic rings. The molecular formula is C12H14F2N2S2. The van der Waals surface area contributed by atoms with Gasteiger partial charge in [0.15, 0.2) is 0 Å². The number of thiocarbonyl (C=S) groups is 1. The summed E-state index contributed by atoms with van der Waals surface area (Å²) in [5.41, 5.74) is 5.47. The van der Waals surface area contributed by atoms with Crippen molar-refractivity contribution >= 4 is 34.7 Å². The maximum absolute atomic E-state index is 13.7. The molecule has 2 rings (SSSR count). The van der Waals surface area contributed by atoms with E-state index in [2.05, 4.69) is 5.32 Å². The van der Waals surface area contributed by atoms with Crippen molar-refractivity contribution in [3.05, 3.63) is 29.3 Å². The molecule has 0 spiro atoms. The summed E-state index contributed by atoms with van der Waals surface area (Å²) in [6, 6.07) is 2.33. The average molecular weight is 288 g/mol. The van der Waals surface area contributed by atoms with Gasteiger partial charge in [-0.25, -0.2) is 8.78 Å². The molecular weight excluding hydrogens is 274 g/mol. The van der Waals surface area contributed by atoms with Crippen LogP contribution in [0.1, 0.15) is 12.0 Å². The summed E-state index contributed by atoms with van der Waals surface area (Å²) in [4.78, 5) is -0.00783. The molecule has 1 aromatic rings. The number of thioether (sulfide) groups is 1. The molecule has 3 N–H and O–H groups in total. The van der Waals surface area contributed by atoms with Crippen LogP contribution in [-0.4, -0.2) is 23.0 Å². The van der Waals surface area contributed by atoms with E-state index in [1.807, 2.05) is 11.8 Å². The number of anilines is 1. The lowest BCUT2D eigenvalue weighted by molar-refractivity contribution is 0.577. The van der Waals surface area contributed by atoms with Gasteiger partial charge >= 0.3 is 0 Å². The predicted octanol–water partition coefficient (Wildman–Crippen LogP) is 2.76. The Morgan fingerprint density at radius 3 is 2.61 bits per heavy atom. The van der Waals surface area contributed by atoms with E-state index in [4.69, 9.17) is 18.0 Å². The molecule has 1 aromatic carbocycles. The third-order valence-electron chi connectivity index (χ3n) is 2.92. The molecule has 0 aromatic heterocycles. The Labute approximate surface area is 114 Å². The number of rotatable bonds is 4. The molecule has 2 nitrogen and oxygen atoms in total. The van der Waals surface area contributed by atoms with Crippen LogP contribution in [-0.2, 0) is 0 Å². The van der Waals surface area contributed by atoms with Crippen molar-refractivity contribution in [2.45, 2.75) is 6.42 Å². The molecule has 1 heterocycles. The number of halogens is 2. The fourth-order valence-electron chi connectivity index (χ4n) is 1.87. The van der Waals surface area contributed by atoms with Crippen LogP contribution in [0.25, 0.3) is 0 Å². The van der Waals surface area contributed by atoms with Gasteiger partial charge in [0.05, 0.1) is 0 Å². The highest BCUT2D eigenvalue weighted by atomic mass is 32.2. The standard InChI is InChI=1S/C12H14F2N2S2/c13-9-3-8(12(15)17)4-10(14)11(9)16-5-7-1-2-18-6-7/h3-4,7,16H,1-2,5-6H2,(H2,15,17). The van der Waals surface area contributed by atoms with E-state index in [0.717, 1.165) is 30.1 Å². The largest absolute Gasteiger partial charge is 0.389 e. The smallest absolute Gasteiger partial charge is 0.150 e. The summed E-state index contributed by atoms with van der Waals surface area (Å²) in [6.07, 6.45) is 1.09. The van der Waals surface area contributed by atoms with E-state index in [-0.39, 0.29) is 16.2 Å². The molecule has 0 bridgehead atoms. The number of benzene rings is 1. The molecule has 1 unspecified atom stereocenters. The van der Waals surface area contributed by atoms with Gasteiger partial charge in [0.2, 0.25) is 0 Å². The van der Waals surface area contributed by atoms with Crippen LogP contribution in [0.5, 0.6) is 0 Å². The van der Waals surface area contributed by atoms with Gasteiger partial charge in [-0.05, 0) is 36.0 Å². The van der Waals surface area contributed by atoms with Crippen molar-refractivity contribution in [1.82, 2.24) is 0 Å². The molecule has 0 saturated carbocycles. The van der Waals surface area contributed by atoms with Crippen LogP contribution in [0.2, 0.25) is 0 Å². The Morgan fingerprint density at radius 1 is 1.44 bits per heavy atom. The zero-order valence-corrected chi connectivity index (χ0v) is 11.3. The quantitative estimate of drug-likeness (QED) is 0.836. The Bertz CT molecular complexity index is 436. The van der Waals surface area contributed by atoms with Gasteiger partial charge in [0.1, 0.15) is 22.3 Å². The number of nitrogens with one attached hydrogen (secondary N) is 1. The first-order valence-electron chi connectivity index (χ1n) is 5.68. The summed E-state index contributed by atoms with van der Waals surface area (Å²) in [5, 5.41) is 2.84. The van der Waals surface area contributed by atoms with Crippen LogP contribution >= 0.6 is 24.0 Å². The highest BCUT2D eigenvalue weighted by Gasteiger charge is 2.17. The molecule has 0 amide bonds. The van der Waals surface area contributed by atoms with Crippen molar-refractivity contribution in [1.29, 1.82) is 0 Å². The van der Waals surface area contributed by atoms with Gasteiger partial charge in [-0.3, -0.25) is 0 Å². The third-order valence-corrected chi connectivity index (χ3v) is 4.39. The molecule has 0 aliphatic carbocycles. The van der Waals surface area contributed by atoms with Gasteiger partial charge in [0, 0.05) is 12.1 Å². The van der Waals surface area contributed by atoms with Crippen LogP contribution in [0.4, 0.5) is 14.5 Å². The van der Waals surface area contributed by atoms with E-state index in [1.165, 1.54) is 0 Å². The van der Waals surface area contributed by atoms with Gasteiger partial charge < -0.3 is 11.1 Å². The SMILES string of the molecule is NC(=S)c1cc(F)c(NCC2CCSC2)c(F)c1. The minimum absolute atomic E-state index is 0.00783. The lowest BCUT2D eigenvalue weighted by Gasteiger charge is -2.13. The molecule has 1 saturated heterocycles. The van der Waals surface area contributed by atoms with Gasteiger partial charge in [-0.15, -0.1) is 0 Å². The van der Waals surface area contributed by atoms with E-state index in [9.17, 15) is 8.78 Å². The maximum Gasteiger partial charge on any atom is 0.150 e. The Morgan fingerprint density at radius 2 is 2.11 bits per heavy atom. The predicted molar refractivity (Wildman–Crippen MR) is 76.2 cm³/mol. The van der Waals surface area contributed by atoms with Crippen molar-refractivity contribution in [3.8, 4) is 0 Å². The minimum atomic E-state index is -0.650. The third kappa shape index (κ3) is 3.11. The summed E-state index contributed by atoms with van der Waals surface area (Å²) in [7, 11) is 0. The van der Waals surface area contributed by atoms with Gasteiger partial charge in [0.25, 0.3) is 0 Å². The second-order valence-electron chi connectivity index (χ2n) is 4.29. The summed E-state index contributed by atoms with van der Waals surface area (Å²) >= 11 is 6.57. The Balaban J connectivity index is 2.10. The van der Waals surface area contributed by atoms with Crippen LogP contribution < -0.4 is 11.1 Å². The van der Waals surface area contributed by atoms with Crippen molar-refractivity contribution in [2.24, 2.45) is 11.7 Å². The van der Waals surface area contributed by atoms with Crippen LogP contribution in [0, 0.1) is 17.6 Å².